The number of nitrogens with one attached hydrogen (secondary N) is 1. The molecule has 1 saturated heterocycles. The Balaban J connectivity index is 1.42. The van der Waals surface area contributed by atoms with Crippen LogP contribution in [-0.4, -0.2) is 47.4 Å². The van der Waals surface area contributed by atoms with E-state index in [0.29, 0.717) is 43.2 Å². The van der Waals surface area contributed by atoms with Crippen LogP contribution in [0.15, 0.2) is 24.3 Å². The molecule has 1 unspecified atom stereocenters. The summed E-state index contributed by atoms with van der Waals surface area (Å²) in [5.74, 6) is -0.675. The van der Waals surface area contributed by atoms with Crippen molar-refractivity contribution in [3.05, 3.63) is 46.0 Å². The maximum Gasteiger partial charge on any atom is 0.309 e. The van der Waals surface area contributed by atoms with E-state index in [2.05, 4.69) is 10.3 Å². The first kappa shape index (κ1) is 22.5. The fourth-order valence-electron chi connectivity index (χ4n) is 4.40. The molecule has 1 fully saturated rings. The van der Waals surface area contributed by atoms with Crippen molar-refractivity contribution in [3.63, 3.8) is 0 Å². The van der Waals surface area contributed by atoms with Gasteiger partial charge in [-0.1, -0.05) is 17.7 Å². The molecule has 1 N–H and O–H groups in total. The van der Waals surface area contributed by atoms with E-state index in [0.717, 1.165) is 35.4 Å². The van der Waals surface area contributed by atoms with Crippen molar-refractivity contribution < 1.29 is 19.1 Å². The lowest BCUT2D eigenvalue weighted by Gasteiger charge is -2.34. The Morgan fingerprint density at radius 1 is 1.16 bits per heavy atom. The zero-order valence-electron chi connectivity index (χ0n) is 18.6. The van der Waals surface area contributed by atoms with Gasteiger partial charge in [0.05, 0.1) is 24.1 Å². The highest BCUT2D eigenvalue weighted by Gasteiger charge is 2.36. The average Bonchev–Trinajstić information content (AvgIpc) is 3.21. The Morgan fingerprint density at radius 3 is 2.56 bits per heavy atom. The molecule has 8 heteroatoms. The predicted molar refractivity (Wildman–Crippen MR) is 123 cm³/mol. The molecule has 0 saturated carbocycles. The van der Waals surface area contributed by atoms with Crippen LogP contribution in [0.5, 0.6) is 0 Å². The molecular formula is C24H29N3O4S. The Bertz CT molecular complexity index is 993. The summed E-state index contributed by atoms with van der Waals surface area (Å²) in [6.07, 6.45) is 3.84. The van der Waals surface area contributed by atoms with E-state index in [4.69, 9.17) is 4.74 Å². The number of hydrogen-bond acceptors (Lipinski definition) is 6. The predicted octanol–water partition coefficient (Wildman–Crippen LogP) is 3.93. The Hall–Kier alpha value is -2.74. The number of fused-ring (bicyclic) bond motifs is 1. The van der Waals surface area contributed by atoms with Gasteiger partial charge in [0.2, 0.25) is 5.91 Å². The number of hydrogen-bond donors (Lipinski definition) is 1. The first-order valence-corrected chi connectivity index (χ1v) is 12.1. The van der Waals surface area contributed by atoms with Gasteiger partial charge in [-0.15, -0.1) is 11.3 Å². The number of nitrogens with zero attached hydrogens (tertiary/aromatic N) is 2. The van der Waals surface area contributed by atoms with Crippen molar-refractivity contribution in [1.29, 1.82) is 0 Å². The third-order valence-electron chi connectivity index (χ3n) is 6.21. The molecule has 32 heavy (non-hydrogen) atoms. The van der Waals surface area contributed by atoms with E-state index in [1.165, 1.54) is 11.3 Å². The van der Waals surface area contributed by atoms with Gasteiger partial charge in [0.1, 0.15) is 0 Å². The van der Waals surface area contributed by atoms with Gasteiger partial charge in [-0.25, -0.2) is 4.98 Å². The lowest BCUT2D eigenvalue weighted by Crippen LogP contribution is -2.43. The van der Waals surface area contributed by atoms with Crippen molar-refractivity contribution in [1.82, 2.24) is 9.88 Å². The van der Waals surface area contributed by atoms with Crippen molar-refractivity contribution in [3.8, 4) is 0 Å². The molecule has 2 amide bonds. The second-order valence-corrected chi connectivity index (χ2v) is 9.53. The summed E-state index contributed by atoms with van der Waals surface area (Å²) in [6.45, 7) is 5.30. The van der Waals surface area contributed by atoms with Crippen LogP contribution in [0, 0.1) is 12.8 Å². The second-order valence-electron chi connectivity index (χ2n) is 8.44. The van der Waals surface area contributed by atoms with Crippen LogP contribution in [-0.2, 0) is 20.7 Å². The zero-order valence-corrected chi connectivity index (χ0v) is 19.4. The molecular weight excluding hydrogens is 426 g/mol. The smallest absolute Gasteiger partial charge is 0.309 e. The molecule has 7 nitrogen and oxygen atoms in total. The summed E-state index contributed by atoms with van der Waals surface area (Å²) in [6, 6.07) is 7.40. The molecule has 4 rings (SSSR count). The summed E-state index contributed by atoms with van der Waals surface area (Å²) in [5, 5.41) is 3.44. The van der Waals surface area contributed by atoms with E-state index in [9.17, 15) is 14.4 Å². The van der Waals surface area contributed by atoms with Gasteiger partial charge in [0, 0.05) is 23.5 Å². The van der Waals surface area contributed by atoms with E-state index in [1.54, 1.807) is 12.1 Å². The van der Waals surface area contributed by atoms with Gasteiger partial charge in [-0.05, 0) is 58.1 Å². The minimum atomic E-state index is -0.279. The maximum absolute atomic E-state index is 13.3. The summed E-state index contributed by atoms with van der Waals surface area (Å²) in [5.41, 5.74) is 2.48. The summed E-state index contributed by atoms with van der Waals surface area (Å²) in [7, 11) is 0. The van der Waals surface area contributed by atoms with Crippen molar-refractivity contribution >= 4 is 34.3 Å². The highest BCUT2D eigenvalue weighted by Crippen LogP contribution is 2.38. The number of esters is 1. The number of benzene rings is 1. The van der Waals surface area contributed by atoms with E-state index in [-0.39, 0.29) is 29.6 Å². The monoisotopic (exact) mass is 455 g/mol. The molecule has 1 aromatic carbocycles. The topological polar surface area (TPSA) is 88.6 Å². The number of thiazole rings is 1. The fourth-order valence-corrected chi connectivity index (χ4v) is 5.46. The molecule has 1 aliphatic heterocycles. The highest BCUT2D eigenvalue weighted by atomic mass is 32.1. The van der Waals surface area contributed by atoms with Gasteiger partial charge in [-0.3, -0.25) is 19.7 Å². The number of carbonyl (C=O) groups excluding carboxylic acids is 3. The molecule has 170 valence electrons. The van der Waals surface area contributed by atoms with Crippen LogP contribution in [0.1, 0.15) is 65.0 Å². The van der Waals surface area contributed by atoms with Gasteiger partial charge in [-0.2, -0.15) is 0 Å². The Morgan fingerprint density at radius 2 is 1.88 bits per heavy atom. The normalized spacial score (nSPS) is 18.7. The number of ether oxygens (including phenoxy) is 1. The van der Waals surface area contributed by atoms with Gasteiger partial charge in [0.15, 0.2) is 5.13 Å². The first-order valence-electron chi connectivity index (χ1n) is 11.3. The lowest BCUT2D eigenvalue weighted by molar-refractivity contribution is -0.151. The molecule has 0 radical (unpaired) electrons. The highest BCUT2D eigenvalue weighted by molar-refractivity contribution is 7.16. The molecule has 1 atom stereocenters. The molecule has 2 heterocycles. The number of anilines is 1. The minimum Gasteiger partial charge on any atom is -0.466 e. The molecule has 1 aromatic heterocycles. The standard InChI is InChI=1S/C24H29N3O4S/c1-3-31-23(30)17-11-13-27(14-12-17)22(29)18-5-4-6-19-20(18)25-24(32-19)26-21(28)16-9-7-15(2)8-10-16/h7-10,17-18H,3-6,11-14H2,1-2H3,(H,25,26,28). The average molecular weight is 456 g/mol. The largest absolute Gasteiger partial charge is 0.466 e. The molecule has 2 aliphatic rings. The number of aryl methyl sites for hydroxylation is 2. The van der Waals surface area contributed by atoms with Crippen molar-refractivity contribution in [2.24, 2.45) is 5.92 Å². The SMILES string of the molecule is CCOC(=O)C1CCN(C(=O)C2CCCc3sc(NC(=O)c4ccc(C)cc4)nc32)CC1. The zero-order chi connectivity index (χ0) is 22.7. The van der Waals surface area contributed by atoms with E-state index >= 15 is 0 Å². The molecule has 0 bridgehead atoms. The fraction of sp³-hybridized carbons (Fsp3) is 0.500. The van der Waals surface area contributed by atoms with E-state index in [1.807, 2.05) is 30.9 Å². The van der Waals surface area contributed by atoms with Crippen LogP contribution in [0.4, 0.5) is 5.13 Å². The first-order chi connectivity index (χ1) is 15.5. The third kappa shape index (κ3) is 4.85. The quantitative estimate of drug-likeness (QED) is 0.690. The minimum absolute atomic E-state index is 0.0787. The number of rotatable bonds is 5. The van der Waals surface area contributed by atoms with Gasteiger partial charge in [0.25, 0.3) is 5.91 Å². The second kappa shape index (κ2) is 9.81. The number of aromatic nitrogens is 1. The summed E-state index contributed by atoms with van der Waals surface area (Å²) >= 11 is 1.46. The molecule has 2 aromatic rings. The number of amides is 2. The molecule has 1 aliphatic carbocycles. The lowest BCUT2D eigenvalue weighted by atomic mass is 9.88. The van der Waals surface area contributed by atoms with Crippen LogP contribution in [0.2, 0.25) is 0 Å². The van der Waals surface area contributed by atoms with E-state index < -0.39 is 0 Å². The van der Waals surface area contributed by atoms with Gasteiger partial charge >= 0.3 is 5.97 Å². The van der Waals surface area contributed by atoms with Crippen molar-refractivity contribution in [2.75, 3.05) is 25.0 Å². The van der Waals surface area contributed by atoms with Crippen LogP contribution < -0.4 is 5.32 Å². The Kier molecular flexibility index (Phi) is 6.89. The van der Waals surface area contributed by atoms with Crippen LogP contribution in [0.3, 0.4) is 0 Å². The summed E-state index contributed by atoms with van der Waals surface area (Å²) in [4.78, 5) is 45.5. The van der Waals surface area contributed by atoms with Gasteiger partial charge < -0.3 is 9.64 Å². The number of carbonyl (C=O) groups is 3. The molecule has 0 spiro atoms. The number of piperidine rings is 1. The maximum atomic E-state index is 13.3. The van der Waals surface area contributed by atoms with Crippen molar-refractivity contribution in [2.45, 2.75) is 51.9 Å². The Labute approximate surface area is 192 Å². The van der Waals surface area contributed by atoms with Crippen LogP contribution >= 0.6 is 11.3 Å². The number of likely N-dealkylation sites (tertiary alicyclic amines) is 1. The van der Waals surface area contributed by atoms with Crippen LogP contribution in [0.25, 0.3) is 0 Å². The third-order valence-corrected chi connectivity index (χ3v) is 7.26. The summed E-state index contributed by atoms with van der Waals surface area (Å²) < 4.78 is 5.13.